The van der Waals surface area contributed by atoms with Crippen LogP contribution in [0.25, 0.3) is 0 Å². The highest BCUT2D eigenvalue weighted by atomic mass is 16.5. The second-order valence-electron chi connectivity index (χ2n) is 5.17. The van der Waals surface area contributed by atoms with Crippen LogP contribution in [0.15, 0.2) is 49.1 Å². The van der Waals surface area contributed by atoms with Gasteiger partial charge in [-0.15, -0.1) is 0 Å². The molecule has 0 aliphatic heterocycles. The van der Waals surface area contributed by atoms with Gasteiger partial charge in [-0.1, -0.05) is 24.6 Å². The molecule has 0 saturated heterocycles. The van der Waals surface area contributed by atoms with Gasteiger partial charge in [-0.2, -0.15) is 0 Å². The molecule has 2 aromatic rings. The van der Waals surface area contributed by atoms with E-state index in [1.54, 1.807) is 24.7 Å². The van der Waals surface area contributed by atoms with E-state index in [1.807, 2.05) is 24.4 Å². The van der Waals surface area contributed by atoms with Crippen molar-refractivity contribution in [2.75, 3.05) is 0 Å². The first-order chi connectivity index (χ1) is 9.84. The molecule has 1 aromatic carbocycles. The molecule has 104 valence electrons. The molecule has 0 spiro atoms. The summed E-state index contributed by atoms with van der Waals surface area (Å²) in [7, 11) is 0. The summed E-state index contributed by atoms with van der Waals surface area (Å²) in [5.41, 5.74) is 0.613. The lowest BCUT2D eigenvalue weighted by Gasteiger charge is -2.31. The highest BCUT2D eigenvalue weighted by Gasteiger charge is 2.29. The number of esters is 1. The summed E-state index contributed by atoms with van der Waals surface area (Å²) in [5, 5.41) is 0. The number of benzene rings is 1. The Morgan fingerprint density at radius 2 is 2.00 bits per heavy atom. The van der Waals surface area contributed by atoms with Crippen molar-refractivity contribution in [3.05, 3.63) is 54.6 Å². The van der Waals surface area contributed by atoms with E-state index in [-0.39, 0.29) is 18.1 Å². The predicted molar refractivity (Wildman–Crippen MR) is 75.4 cm³/mol. The molecule has 0 amide bonds. The average molecular weight is 270 g/mol. The van der Waals surface area contributed by atoms with Gasteiger partial charge in [-0.3, -0.25) is 0 Å². The quantitative estimate of drug-likeness (QED) is 0.804. The van der Waals surface area contributed by atoms with E-state index >= 15 is 0 Å². The largest absolute Gasteiger partial charge is 0.457 e. The molecule has 4 nitrogen and oxygen atoms in total. The zero-order chi connectivity index (χ0) is 13.8. The maximum atomic E-state index is 12.2. The van der Waals surface area contributed by atoms with Gasteiger partial charge in [0.15, 0.2) is 0 Å². The van der Waals surface area contributed by atoms with Gasteiger partial charge in [0.2, 0.25) is 0 Å². The standard InChI is InChI=1S/C16H18N2O2/c19-16(13-6-2-1-3-7-13)20-15-9-5-4-8-14(15)18-11-10-17-12-18/h1-3,6-7,10-12,14-15H,4-5,8-9H2/t14-,15+/m0/s1. The highest BCUT2D eigenvalue weighted by molar-refractivity contribution is 5.89. The number of aromatic nitrogens is 2. The van der Waals surface area contributed by atoms with Crippen LogP contribution < -0.4 is 0 Å². The number of carbonyl (C=O) groups is 1. The molecule has 20 heavy (non-hydrogen) atoms. The average Bonchev–Trinajstić information content (AvgIpc) is 3.03. The molecule has 1 heterocycles. The van der Waals surface area contributed by atoms with Gasteiger partial charge in [0.1, 0.15) is 6.10 Å². The van der Waals surface area contributed by atoms with Crippen LogP contribution in [0.5, 0.6) is 0 Å². The van der Waals surface area contributed by atoms with Gasteiger partial charge >= 0.3 is 5.97 Å². The molecule has 0 radical (unpaired) electrons. The zero-order valence-electron chi connectivity index (χ0n) is 11.3. The van der Waals surface area contributed by atoms with E-state index in [0.717, 1.165) is 19.3 Å². The molecular formula is C16H18N2O2. The molecule has 1 aliphatic rings. The lowest BCUT2D eigenvalue weighted by atomic mass is 9.92. The molecule has 2 atom stereocenters. The van der Waals surface area contributed by atoms with Crippen LogP contribution in [0.3, 0.4) is 0 Å². The van der Waals surface area contributed by atoms with Crippen LogP contribution in [-0.4, -0.2) is 21.6 Å². The molecular weight excluding hydrogens is 252 g/mol. The smallest absolute Gasteiger partial charge is 0.338 e. The summed E-state index contributed by atoms with van der Waals surface area (Å²) in [6.07, 6.45) is 9.68. The van der Waals surface area contributed by atoms with Crippen molar-refractivity contribution in [2.24, 2.45) is 0 Å². The molecule has 0 unspecified atom stereocenters. The van der Waals surface area contributed by atoms with Gasteiger partial charge < -0.3 is 9.30 Å². The normalized spacial score (nSPS) is 22.4. The minimum absolute atomic E-state index is 0.0642. The van der Waals surface area contributed by atoms with Crippen molar-refractivity contribution in [1.82, 2.24) is 9.55 Å². The van der Waals surface area contributed by atoms with Crippen molar-refractivity contribution in [3.63, 3.8) is 0 Å². The Kier molecular flexibility index (Phi) is 3.81. The number of imidazole rings is 1. The van der Waals surface area contributed by atoms with E-state index in [2.05, 4.69) is 9.55 Å². The Balaban J connectivity index is 1.73. The Labute approximate surface area is 118 Å². The Morgan fingerprint density at radius 1 is 1.20 bits per heavy atom. The molecule has 4 heteroatoms. The molecule has 0 N–H and O–H groups in total. The lowest BCUT2D eigenvalue weighted by Crippen LogP contribution is -2.31. The second-order valence-corrected chi connectivity index (χ2v) is 5.17. The number of hydrogen-bond acceptors (Lipinski definition) is 3. The Morgan fingerprint density at radius 3 is 2.75 bits per heavy atom. The minimum atomic E-state index is -0.234. The minimum Gasteiger partial charge on any atom is -0.457 e. The SMILES string of the molecule is O=C(O[C@@H]1CCCC[C@@H]1n1ccnc1)c1ccccc1. The summed E-state index contributed by atoms with van der Waals surface area (Å²) in [6, 6.07) is 9.38. The summed E-state index contributed by atoms with van der Waals surface area (Å²) < 4.78 is 7.78. The second kappa shape index (κ2) is 5.90. The molecule has 1 aromatic heterocycles. The van der Waals surface area contributed by atoms with Gasteiger partial charge in [0.05, 0.1) is 17.9 Å². The predicted octanol–water partition coefficient (Wildman–Crippen LogP) is 3.22. The van der Waals surface area contributed by atoms with E-state index in [0.29, 0.717) is 5.56 Å². The number of nitrogens with zero attached hydrogens (tertiary/aromatic N) is 2. The third-order valence-electron chi connectivity index (χ3n) is 3.84. The fraction of sp³-hybridized carbons (Fsp3) is 0.375. The maximum absolute atomic E-state index is 12.2. The summed E-state index contributed by atoms with van der Waals surface area (Å²) >= 11 is 0. The number of carbonyl (C=O) groups excluding carboxylic acids is 1. The van der Waals surface area contributed by atoms with Crippen LogP contribution >= 0.6 is 0 Å². The fourth-order valence-corrected chi connectivity index (χ4v) is 2.80. The third-order valence-corrected chi connectivity index (χ3v) is 3.84. The maximum Gasteiger partial charge on any atom is 0.338 e. The number of ether oxygens (including phenoxy) is 1. The Hall–Kier alpha value is -2.10. The molecule has 1 saturated carbocycles. The van der Waals surface area contributed by atoms with Crippen molar-refractivity contribution in [2.45, 2.75) is 37.8 Å². The number of hydrogen-bond donors (Lipinski definition) is 0. The van der Waals surface area contributed by atoms with E-state index < -0.39 is 0 Å². The summed E-state index contributed by atoms with van der Waals surface area (Å²) in [6.45, 7) is 0. The molecule has 1 fully saturated rings. The van der Waals surface area contributed by atoms with E-state index in [4.69, 9.17) is 4.74 Å². The first kappa shape index (κ1) is 12.9. The first-order valence-electron chi connectivity index (χ1n) is 7.08. The van der Waals surface area contributed by atoms with Crippen LogP contribution in [0.2, 0.25) is 0 Å². The van der Waals surface area contributed by atoms with Gasteiger partial charge in [-0.05, 0) is 31.4 Å². The first-order valence-corrected chi connectivity index (χ1v) is 7.08. The van der Waals surface area contributed by atoms with Gasteiger partial charge in [0.25, 0.3) is 0 Å². The zero-order valence-corrected chi connectivity index (χ0v) is 11.3. The summed E-state index contributed by atoms with van der Waals surface area (Å²) in [4.78, 5) is 16.3. The topological polar surface area (TPSA) is 44.1 Å². The monoisotopic (exact) mass is 270 g/mol. The number of rotatable bonds is 3. The van der Waals surface area contributed by atoms with E-state index in [1.165, 1.54) is 6.42 Å². The van der Waals surface area contributed by atoms with Crippen molar-refractivity contribution in [1.29, 1.82) is 0 Å². The summed E-state index contributed by atoms with van der Waals surface area (Å²) in [5.74, 6) is -0.234. The molecule has 0 bridgehead atoms. The van der Waals surface area contributed by atoms with Crippen LogP contribution in [0.4, 0.5) is 0 Å². The van der Waals surface area contributed by atoms with Crippen LogP contribution in [-0.2, 0) is 4.74 Å². The third kappa shape index (κ3) is 2.74. The highest BCUT2D eigenvalue weighted by Crippen LogP contribution is 2.31. The van der Waals surface area contributed by atoms with Crippen molar-refractivity contribution < 1.29 is 9.53 Å². The Bertz CT molecular complexity index is 551. The lowest BCUT2D eigenvalue weighted by molar-refractivity contribution is 0.00412. The molecule has 1 aliphatic carbocycles. The van der Waals surface area contributed by atoms with Crippen molar-refractivity contribution >= 4 is 5.97 Å². The fourth-order valence-electron chi connectivity index (χ4n) is 2.80. The van der Waals surface area contributed by atoms with E-state index in [9.17, 15) is 4.79 Å². The van der Waals surface area contributed by atoms with Crippen LogP contribution in [0.1, 0.15) is 42.1 Å². The van der Waals surface area contributed by atoms with Crippen LogP contribution in [0, 0.1) is 0 Å². The van der Waals surface area contributed by atoms with Crippen molar-refractivity contribution in [3.8, 4) is 0 Å². The van der Waals surface area contributed by atoms with Gasteiger partial charge in [0, 0.05) is 12.4 Å². The molecule has 3 rings (SSSR count). The van der Waals surface area contributed by atoms with Gasteiger partial charge in [-0.25, -0.2) is 9.78 Å².